The average molecular weight is 367 g/mol. The van der Waals surface area contributed by atoms with Crippen LogP contribution in [0, 0.1) is 6.92 Å². The number of nitrogens with two attached hydrogens (primary N) is 1. The molecular formula is C15H15BrN2O2S. The summed E-state index contributed by atoms with van der Waals surface area (Å²) in [5, 5.41) is 2.72. The normalized spacial score (nSPS) is 11.9. The molecule has 1 unspecified atom stereocenters. The molecule has 1 amide bonds. The Morgan fingerprint density at radius 3 is 2.52 bits per heavy atom. The van der Waals surface area contributed by atoms with Crippen LogP contribution in [0.3, 0.4) is 0 Å². The van der Waals surface area contributed by atoms with E-state index in [2.05, 4.69) is 21.2 Å². The van der Waals surface area contributed by atoms with E-state index in [-0.39, 0.29) is 11.7 Å². The van der Waals surface area contributed by atoms with Crippen molar-refractivity contribution in [3.8, 4) is 0 Å². The van der Waals surface area contributed by atoms with Crippen LogP contribution in [0.5, 0.6) is 0 Å². The molecule has 110 valence electrons. The highest BCUT2D eigenvalue weighted by atomic mass is 79.9. The topological polar surface area (TPSA) is 72.2 Å². The van der Waals surface area contributed by atoms with Gasteiger partial charge in [-0.15, -0.1) is 0 Å². The van der Waals surface area contributed by atoms with E-state index in [1.807, 2.05) is 31.2 Å². The third-order valence-electron chi connectivity index (χ3n) is 2.81. The van der Waals surface area contributed by atoms with Crippen molar-refractivity contribution in [1.29, 1.82) is 0 Å². The van der Waals surface area contributed by atoms with Crippen LogP contribution < -0.4 is 11.1 Å². The van der Waals surface area contributed by atoms with Gasteiger partial charge in [-0.05, 0) is 37.3 Å². The van der Waals surface area contributed by atoms with Crippen molar-refractivity contribution in [3.05, 3.63) is 52.5 Å². The zero-order valence-corrected chi connectivity index (χ0v) is 13.8. The third-order valence-corrected chi connectivity index (χ3v) is 4.69. The Labute approximate surface area is 134 Å². The van der Waals surface area contributed by atoms with E-state index in [1.54, 1.807) is 18.2 Å². The van der Waals surface area contributed by atoms with Crippen LogP contribution in [-0.2, 0) is 15.6 Å². The van der Waals surface area contributed by atoms with Gasteiger partial charge in [0.05, 0.1) is 15.7 Å². The molecule has 0 heterocycles. The van der Waals surface area contributed by atoms with Crippen molar-refractivity contribution in [2.45, 2.75) is 11.8 Å². The van der Waals surface area contributed by atoms with Gasteiger partial charge in [0.2, 0.25) is 5.91 Å². The summed E-state index contributed by atoms with van der Waals surface area (Å²) in [6.07, 6.45) is 0. The molecule has 0 aliphatic heterocycles. The number of hydrogen-bond donors (Lipinski definition) is 2. The highest BCUT2D eigenvalue weighted by Crippen LogP contribution is 2.21. The van der Waals surface area contributed by atoms with E-state index in [0.717, 1.165) is 10.0 Å². The first kappa shape index (κ1) is 15.7. The summed E-state index contributed by atoms with van der Waals surface area (Å²) in [5.41, 5.74) is 8.02. The molecule has 0 aliphatic carbocycles. The van der Waals surface area contributed by atoms with Crippen LogP contribution in [0.1, 0.15) is 5.56 Å². The lowest BCUT2D eigenvalue weighted by molar-refractivity contribution is -0.113. The lowest BCUT2D eigenvalue weighted by Crippen LogP contribution is -2.20. The highest BCUT2D eigenvalue weighted by molar-refractivity contribution is 9.10. The van der Waals surface area contributed by atoms with E-state index in [1.165, 1.54) is 0 Å². The number of hydrogen-bond acceptors (Lipinski definition) is 3. The standard InChI is InChI=1S/C15H15BrN2O2S/c1-10-2-5-12(6-3-10)18-15(19)9-21(20)14-7-4-11(16)8-13(14)17/h2-8H,9,17H2,1H3,(H,18,19). The van der Waals surface area contributed by atoms with E-state index in [4.69, 9.17) is 5.73 Å². The number of carbonyl (C=O) groups is 1. The Kier molecular flexibility index (Phi) is 5.14. The summed E-state index contributed by atoms with van der Waals surface area (Å²) in [7, 11) is -1.47. The van der Waals surface area contributed by atoms with Crippen LogP contribution in [0.25, 0.3) is 0 Å². The van der Waals surface area contributed by atoms with Crippen molar-refractivity contribution in [2.24, 2.45) is 0 Å². The number of rotatable bonds is 4. The SMILES string of the molecule is Cc1ccc(NC(=O)CS(=O)c2ccc(Br)cc2N)cc1. The predicted octanol–water partition coefficient (Wildman–Crippen LogP) is 3.09. The monoisotopic (exact) mass is 366 g/mol. The van der Waals surface area contributed by atoms with Crippen molar-refractivity contribution in [2.75, 3.05) is 16.8 Å². The predicted molar refractivity (Wildman–Crippen MR) is 89.6 cm³/mol. The Bertz CT molecular complexity index is 687. The van der Waals surface area contributed by atoms with Crippen molar-refractivity contribution < 1.29 is 9.00 Å². The molecule has 0 spiro atoms. The first-order valence-corrected chi connectivity index (χ1v) is 8.37. The number of aryl methyl sites for hydroxylation is 1. The van der Waals surface area contributed by atoms with Gasteiger partial charge in [0.1, 0.15) is 5.75 Å². The summed E-state index contributed by atoms with van der Waals surface area (Å²) in [6.45, 7) is 1.97. The Balaban J connectivity index is 2.02. The summed E-state index contributed by atoms with van der Waals surface area (Å²) < 4.78 is 13.0. The number of amides is 1. The Hall–Kier alpha value is -1.66. The maximum Gasteiger partial charge on any atom is 0.237 e. The van der Waals surface area contributed by atoms with Crippen LogP contribution in [0.4, 0.5) is 11.4 Å². The molecule has 2 aromatic carbocycles. The van der Waals surface area contributed by atoms with Gasteiger partial charge < -0.3 is 11.1 Å². The number of halogens is 1. The lowest BCUT2D eigenvalue weighted by atomic mass is 10.2. The minimum absolute atomic E-state index is 0.125. The molecule has 6 heteroatoms. The van der Waals surface area contributed by atoms with Gasteiger partial charge in [-0.1, -0.05) is 33.6 Å². The molecule has 2 aromatic rings. The second-order valence-corrected chi connectivity index (χ2v) is 6.92. The molecule has 0 aliphatic rings. The summed E-state index contributed by atoms with van der Waals surface area (Å²) in [6, 6.07) is 12.5. The fraction of sp³-hybridized carbons (Fsp3) is 0.133. The minimum Gasteiger partial charge on any atom is -0.398 e. The molecule has 0 saturated heterocycles. The molecule has 3 N–H and O–H groups in total. The second-order valence-electron chi connectivity index (χ2n) is 4.59. The van der Waals surface area contributed by atoms with E-state index < -0.39 is 10.8 Å². The molecule has 0 bridgehead atoms. The Morgan fingerprint density at radius 1 is 1.24 bits per heavy atom. The highest BCUT2D eigenvalue weighted by Gasteiger charge is 2.13. The van der Waals surface area contributed by atoms with Crippen molar-refractivity contribution in [1.82, 2.24) is 0 Å². The van der Waals surface area contributed by atoms with E-state index in [9.17, 15) is 9.00 Å². The zero-order chi connectivity index (χ0) is 15.4. The van der Waals surface area contributed by atoms with Crippen molar-refractivity contribution in [3.63, 3.8) is 0 Å². The molecule has 0 saturated carbocycles. The smallest absolute Gasteiger partial charge is 0.237 e. The molecule has 1 atom stereocenters. The maximum absolute atomic E-state index is 12.2. The number of benzene rings is 2. The summed E-state index contributed by atoms with van der Waals surface area (Å²) in [4.78, 5) is 12.4. The quantitative estimate of drug-likeness (QED) is 0.816. The van der Waals surface area contributed by atoms with Crippen LogP contribution in [-0.4, -0.2) is 15.9 Å². The zero-order valence-electron chi connectivity index (χ0n) is 11.4. The fourth-order valence-corrected chi connectivity index (χ4v) is 3.14. The van der Waals surface area contributed by atoms with Crippen LogP contribution in [0.15, 0.2) is 51.8 Å². The van der Waals surface area contributed by atoms with Gasteiger partial charge in [0.25, 0.3) is 0 Å². The molecule has 0 aromatic heterocycles. The van der Waals surface area contributed by atoms with Gasteiger partial charge >= 0.3 is 0 Å². The molecule has 0 fully saturated rings. The summed E-state index contributed by atoms with van der Waals surface area (Å²) in [5.74, 6) is -0.431. The molecule has 4 nitrogen and oxygen atoms in total. The van der Waals surface area contributed by atoms with Crippen LogP contribution >= 0.6 is 15.9 Å². The number of nitrogen functional groups attached to an aromatic ring is 1. The first-order chi connectivity index (χ1) is 9.95. The van der Waals surface area contributed by atoms with Crippen molar-refractivity contribution >= 4 is 44.0 Å². The number of nitrogens with one attached hydrogen (secondary N) is 1. The van der Waals surface area contributed by atoms with Gasteiger partial charge in [0.15, 0.2) is 0 Å². The fourth-order valence-electron chi connectivity index (χ4n) is 1.76. The first-order valence-electron chi connectivity index (χ1n) is 6.25. The molecule has 2 rings (SSSR count). The van der Waals surface area contributed by atoms with E-state index >= 15 is 0 Å². The van der Waals surface area contributed by atoms with Gasteiger partial charge in [-0.25, -0.2) is 0 Å². The maximum atomic E-state index is 12.2. The molecular weight excluding hydrogens is 352 g/mol. The van der Waals surface area contributed by atoms with Gasteiger partial charge in [0, 0.05) is 15.8 Å². The number of anilines is 2. The Morgan fingerprint density at radius 2 is 1.90 bits per heavy atom. The number of carbonyl (C=O) groups excluding carboxylic acids is 1. The van der Waals surface area contributed by atoms with Gasteiger partial charge in [-0.3, -0.25) is 9.00 Å². The molecule has 21 heavy (non-hydrogen) atoms. The second kappa shape index (κ2) is 6.87. The minimum atomic E-state index is -1.47. The largest absolute Gasteiger partial charge is 0.398 e. The van der Waals surface area contributed by atoms with Crippen LogP contribution in [0.2, 0.25) is 0 Å². The average Bonchev–Trinajstić information content (AvgIpc) is 2.41. The summed E-state index contributed by atoms with van der Waals surface area (Å²) >= 11 is 3.29. The lowest BCUT2D eigenvalue weighted by Gasteiger charge is -2.08. The van der Waals surface area contributed by atoms with Gasteiger partial charge in [-0.2, -0.15) is 0 Å². The third kappa shape index (κ3) is 4.41. The molecule has 0 radical (unpaired) electrons. The van der Waals surface area contributed by atoms with E-state index in [0.29, 0.717) is 16.3 Å².